The van der Waals surface area contributed by atoms with E-state index in [0.717, 1.165) is 22.5 Å². The number of carbonyl (C=O) groups is 1. The molecule has 0 saturated heterocycles. The third-order valence-electron chi connectivity index (χ3n) is 1.49. The van der Waals surface area contributed by atoms with Crippen molar-refractivity contribution in [2.24, 2.45) is 0 Å². The van der Waals surface area contributed by atoms with Crippen LogP contribution in [0.25, 0.3) is 5.52 Å². The Morgan fingerprint density at radius 1 is 1.57 bits per heavy atom. The van der Waals surface area contributed by atoms with Gasteiger partial charge in [0.1, 0.15) is 0 Å². The van der Waals surface area contributed by atoms with Crippen molar-refractivity contribution >= 4 is 23.5 Å². The maximum absolute atomic E-state index is 10.5. The Kier molecular flexibility index (Phi) is 2.36. The van der Waals surface area contributed by atoms with E-state index in [9.17, 15) is 4.79 Å². The molecule has 2 rings (SSSR count). The fourth-order valence-electron chi connectivity index (χ4n) is 0.955. The summed E-state index contributed by atoms with van der Waals surface area (Å²) in [5.41, 5.74) is 0.863. The quantitative estimate of drug-likeness (QED) is 0.698. The molecule has 0 saturated carbocycles. The van der Waals surface area contributed by atoms with Gasteiger partial charge in [0.2, 0.25) is 0 Å². The molecule has 5 nitrogen and oxygen atoms in total. The molecule has 0 aliphatic rings. The van der Waals surface area contributed by atoms with E-state index in [0.29, 0.717) is 0 Å². The molecule has 72 valence electrons. The maximum Gasteiger partial charge on any atom is 0.315 e. The van der Waals surface area contributed by atoms with Gasteiger partial charge in [-0.15, -0.1) is 0 Å². The molecular formula is C8H7N3O2S. The van der Waals surface area contributed by atoms with Gasteiger partial charge >= 0.3 is 5.97 Å². The van der Waals surface area contributed by atoms with Crippen LogP contribution in [0.1, 0.15) is 6.92 Å². The molecule has 2 heterocycles. The number of rotatable bonds is 2. The predicted molar refractivity (Wildman–Crippen MR) is 50.6 cm³/mol. The molecule has 2 aromatic rings. The van der Waals surface area contributed by atoms with Crippen molar-refractivity contribution < 1.29 is 8.98 Å². The van der Waals surface area contributed by atoms with Crippen LogP contribution in [-0.2, 0) is 8.98 Å². The van der Waals surface area contributed by atoms with Gasteiger partial charge in [-0.25, -0.2) is 0 Å². The third-order valence-corrected chi connectivity index (χ3v) is 2.23. The molecule has 0 radical (unpaired) electrons. The van der Waals surface area contributed by atoms with E-state index in [1.807, 2.05) is 12.1 Å². The fraction of sp³-hybridized carbons (Fsp3) is 0.125. The Morgan fingerprint density at radius 2 is 2.43 bits per heavy atom. The normalized spacial score (nSPS) is 10.4. The van der Waals surface area contributed by atoms with Crippen molar-refractivity contribution in [2.75, 3.05) is 0 Å². The molecule has 2 aromatic heterocycles. The zero-order valence-electron chi connectivity index (χ0n) is 7.38. The number of fused-ring (bicyclic) bond motifs is 1. The van der Waals surface area contributed by atoms with Gasteiger partial charge in [-0.3, -0.25) is 4.79 Å². The summed E-state index contributed by atoms with van der Waals surface area (Å²) >= 11 is 0.994. The molecule has 0 spiro atoms. The minimum Gasteiger partial charge on any atom is -0.386 e. The first-order valence-electron chi connectivity index (χ1n) is 3.91. The van der Waals surface area contributed by atoms with Crippen LogP contribution in [0.3, 0.4) is 0 Å². The smallest absolute Gasteiger partial charge is 0.315 e. The number of aromatic nitrogens is 3. The van der Waals surface area contributed by atoms with E-state index in [2.05, 4.69) is 10.2 Å². The Bertz CT molecular complexity index is 468. The minimum absolute atomic E-state index is 0.330. The summed E-state index contributed by atoms with van der Waals surface area (Å²) in [7, 11) is 0. The van der Waals surface area contributed by atoms with Gasteiger partial charge < -0.3 is 4.18 Å². The van der Waals surface area contributed by atoms with E-state index in [1.54, 1.807) is 12.4 Å². The fourth-order valence-corrected chi connectivity index (χ4v) is 1.43. The molecule has 0 fully saturated rings. The summed E-state index contributed by atoms with van der Waals surface area (Å²) in [6, 6.07) is 3.67. The van der Waals surface area contributed by atoms with Crippen molar-refractivity contribution in [1.82, 2.24) is 14.8 Å². The molecule has 14 heavy (non-hydrogen) atoms. The highest BCUT2D eigenvalue weighted by Crippen LogP contribution is 2.19. The summed E-state index contributed by atoms with van der Waals surface area (Å²) < 4.78 is 6.26. The van der Waals surface area contributed by atoms with Gasteiger partial charge in [-0.1, -0.05) is 0 Å². The zero-order valence-corrected chi connectivity index (χ0v) is 8.19. The largest absolute Gasteiger partial charge is 0.386 e. The molecule has 0 aromatic carbocycles. The van der Waals surface area contributed by atoms with Crippen LogP contribution in [-0.4, -0.2) is 20.8 Å². The first kappa shape index (κ1) is 9.01. The molecule has 0 bridgehead atoms. The van der Waals surface area contributed by atoms with Crippen molar-refractivity contribution in [3.63, 3.8) is 0 Å². The highest BCUT2D eigenvalue weighted by Gasteiger charge is 2.01. The van der Waals surface area contributed by atoms with Gasteiger partial charge in [0, 0.05) is 6.92 Å². The molecule has 0 unspecified atom stereocenters. The zero-order chi connectivity index (χ0) is 9.97. The molecule has 0 amide bonds. The van der Waals surface area contributed by atoms with E-state index >= 15 is 0 Å². The summed E-state index contributed by atoms with van der Waals surface area (Å²) in [5, 5.41) is 7.96. The molecule has 0 aliphatic carbocycles. The Morgan fingerprint density at radius 3 is 3.21 bits per heavy atom. The second-order valence-corrected chi connectivity index (χ2v) is 3.40. The third kappa shape index (κ3) is 1.85. The number of nitrogens with zero attached hydrogens (tertiary/aromatic N) is 3. The van der Waals surface area contributed by atoms with Crippen LogP contribution >= 0.6 is 12.0 Å². The molecule has 0 atom stereocenters. The van der Waals surface area contributed by atoms with Crippen LogP contribution in [0.15, 0.2) is 29.4 Å². The van der Waals surface area contributed by atoms with E-state index < -0.39 is 0 Å². The van der Waals surface area contributed by atoms with Crippen LogP contribution < -0.4 is 0 Å². The van der Waals surface area contributed by atoms with Crippen LogP contribution in [0.4, 0.5) is 0 Å². The Labute approximate surface area is 84.3 Å². The average molecular weight is 209 g/mol. The van der Waals surface area contributed by atoms with Crippen LogP contribution in [0.2, 0.25) is 0 Å². The second kappa shape index (κ2) is 3.67. The highest BCUT2D eigenvalue weighted by molar-refractivity contribution is 7.95. The van der Waals surface area contributed by atoms with Gasteiger partial charge in [0.25, 0.3) is 0 Å². The lowest BCUT2D eigenvalue weighted by molar-refractivity contribution is -0.130. The van der Waals surface area contributed by atoms with E-state index in [1.165, 1.54) is 11.6 Å². The van der Waals surface area contributed by atoms with Crippen molar-refractivity contribution in [3.05, 3.63) is 24.5 Å². The lowest BCUT2D eigenvalue weighted by Crippen LogP contribution is -1.94. The van der Waals surface area contributed by atoms with Gasteiger partial charge in [0.05, 0.1) is 34.8 Å². The first-order valence-corrected chi connectivity index (χ1v) is 4.65. The monoisotopic (exact) mass is 209 g/mol. The van der Waals surface area contributed by atoms with Crippen LogP contribution in [0.5, 0.6) is 0 Å². The molecule has 0 N–H and O–H groups in total. The topological polar surface area (TPSA) is 56.5 Å². The maximum atomic E-state index is 10.5. The van der Waals surface area contributed by atoms with Gasteiger partial charge in [-0.05, 0) is 12.1 Å². The van der Waals surface area contributed by atoms with Gasteiger partial charge in [0.15, 0.2) is 0 Å². The Hall–Kier alpha value is -1.56. The van der Waals surface area contributed by atoms with E-state index in [4.69, 9.17) is 4.18 Å². The summed E-state index contributed by atoms with van der Waals surface area (Å²) in [4.78, 5) is 11.3. The van der Waals surface area contributed by atoms with Gasteiger partial charge in [-0.2, -0.15) is 14.8 Å². The number of hydrogen-bond donors (Lipinski definition) is 0. The van der Waals surface area contributed by atoms with E-state index in [-0.39, 0.29) is 5.97 Å². The highest BCUT2D eigenvalue weighted by atomic mass is 32.2. The lowest BCUT2D eigenvalue weighted by atomic mass is 10.5. The van der Waals surface area contributed by atoms with Crippen molar-refractivity contribution in [3.8, 4) is 0 Å². The number of hydrogen-bond acceptors (Lipinski definition) is 5. The van der Waals surface area contributed by atoms with Crippen LogP contribution in [0, 0.1) is 0 Å². The van der Waals surface area contributed by atoms with Crippen molar-refractivity contribution in [1.29, 1.82) is 0 Å². The lowest BCUT2D eigenvalue weighted by Gasteiger charge is -1.98. The summed E-state index contributed by atoms with van der Waals surface area (Å²) in [6.45, 7) is 1.36. The molecule has 6 heteroatoms. The summed E-state index contributed by atoms with van der Waals surface area (Å²) in [5.74, 6) is -0.330. The molecule has 0 aliphatic heterocycles. The molecular weight excluding hydrogens is 202 g/mol. The minimum atomic E-state index is -0.330. The Balaban J connectivity index is 2.21. The standard InChI is InChI=1S/C8H7N3O2S/c1-6(12)13-14-8-4-7-2-3-9-11(7)10-5-8/h2-5H,1H3. The SMILES string of the molecule is CC(=O)OSc1cnn2nccc2c1. The second-order valence-electron chi connectivity index (χ2n) is 2.60. The summed E-state index contributed by atoms with van der Waals surface area (Å²) in [6.07, 6.45) is 3.25. The number of carbonyl (C=O) groups excluding carboxylic acids is 1. The van der Waals surface area contributed by atoms with Crippen molar-refractivity contribution in [2.45, 2.75) is 11.8 Å². The first-order chi connectivity index (χ1) is 6.75. The predicted octanol–water partition coefficient (Wildman–Crippen LogP) is 1.30. The average Bonchev–Trinajstić information content (AvgIpc) is 2.61.